The number of piperidine rings is 1. The molecule has 1 atom stereocenters. The smallest absolute Gasteiger partial charge is 0.257 e. The summed E-state index contributed by atoms with van der Waals surface area (Å²) in [5, 5.41) is 5.21. The monoisotopic (exact) mass is 462 g/mol. The molecular formula is C23H30N2O2S3. The molecule has 1 aromatic heterocycles. The van der Waals surface area contributed by atoms with Crippen LogP contribution in [-0.4, -0.2) is 48.6 Å². The normalized spacial score (nSPS) is 20.7. The lowest BCUT2D eigenvalue weighted by atomic mass is 9.98. The van der Waals surface area contributed by atoms with Crippen molar-refractivity contribution in [2.45, 2.75) is 30.4 Å². The van der Waals surface area contributed by atoms with Crippen LogP contribution in [-0.2, 0) is 11.3 Å². The summed E-state index contributed by atoms with van der Waals surface area (Å²) in [6.45, 7) is 4.05. The molecule has 162 valence electrons. The largest absolute Gasteiger partial charge is 0.484 e. The Morgan fingerprint density at radius 2 is 1.97 bits per heavy atom. The molecule has 1 amide bonds. The first-order valence-corrected chi connectivity index (χ1v) is 13.7. The standard InChI is InChI=1S/C23H30N2O2S3/c26-22(17-27-20-8-6-19(7-9-20)23-29-12-3-13-30-23)24-14-18-4-1-10-25(15-18)16-21-5-2-11-28-21/h2,5-9,11,18,23H,1,3-4,10,12-17H2,(H,24,26). The molecule has 3 heterocycles. The van der Waals surface area contributed by atoms with E-state index in [9.17, 15) is 4.79 Å². The van der Waals surface area contributed by atoms with Crippen LogP contribution in [0.1, 0.15) is 34.3 Å². The third-order valence-corrected chi connectivity index (χ3v) is 9.38. The Hall–Kier alpha value is -1.15. The van der Waals surface area contributed by atoms with Crippen molar-refractivity contribution in [3.8, 4) is 5.75 Å². The van der Waals surface area contributed by atoms with Gasteiger partial charge in [0.05, 0.1) is 4.58 Å². The lowest BCUT2D eigenvalue weighted by Crippen LogP contribution is -2.41. The number of carbonyl (C=O) groups is 1. The van der Waals surface area contributed by atoms with E-state index >= 15 is 0 Å². The Bertz CT molecular complexity index is 776. The zero-order valence-electron chi connectivity index (χ0n) is 17.3. The first-order chi connectivity index (χ1) is 14.8. The number of likely N-dealkylation sites (tertiary alicyclic amines) is 1. The highest BCUT2D eigenvalue weighted by Gasteiger charge is 2.21. The lowest BCUT2D eigenvalue weighted by molar-refractivity contribution is -0.123. The predicted octanol–water partition coefficient (Wildman–Crippen LogP) is 5.02. The van der Waals surface area contributed by atoms with Gasteiger partial charge in [-0.05, 0) is 72.4 Å². The Kier molecular flexibility index (Phi) is 8.43. The van der Waals surface area contributed by atoms with Crippen LogP contribution in [0.3, 0.4) is 0 Å². The number of hydrogen-bond acceptors (Lipinski definition) is 6. The predicted molar refractivity (Wildman–Crippen MR) is 130 cm³/mol. The molecule has 4 rings (SSSR count). The van der Waals surface area contributed by atoms with Gasteiger partial charge in [-0.15, -0.1) is 34.9 Å². The van der Waals surface area contributed by atoms with E-state index < -0.39 is 0 Å². The van der Waals surface area contributed by atoms with Crippen LogP contribution in [0.2, 0.25) is 0 Å². The molecule has 0 saturated carbocycles. The Morgan fingerprint density at radius 1 is 1.13 bits per heavy atom. The summed E-state index contributed by atoms with van der Waals surface area (Å²) >= 11 is 5.85. The molecule has 2 fully saturated rings. The summed E-state index contributed by atoms with van der Waals surface area (Å²) in [4.78, 5) is 16.2. The fourth-order valence-corrected chi connectivity index (χ4v) is 7.58. The van der Waals surface area contributed by atoms with Crippen LogP contribution in [0.4, 0.5) is 0 Å². The van der Waals surface area contributed by atoms with E-state index in [1.165, 1.54) is 41.2 Å². The van der Waals surface area contributed by atoms with Crippen molar-refractivity contribution in [1.29, 1.82) is 0 Å². The van der Waals surface area contributed by atoms with E-state index in [1.54, 1.807) is 0 Å². The SMILES string of the molecule is O=C(COc1ccc(C2SCCCS2)cc1)NCC1CCCN(Cc2cccs2)C1. The van der Waals surface area contributed by atoms with E-state index in [2.05, 4.69) is 39.9 Å². The Balaban J connectivity index is 1.16. The van der Waals surface area contributed by atoms with Crippen molar-refractivity contribution < 1.29 is 9.53 Å². The summed E-state index contributed by atoms with van der Waals surface area (Å²) in [6.07, 6.45) is 3.68. The maximum atomic E-state index is 12.3. The molecule has 1 aromatic carbocycles. The molecule has 30 heavy (non-hydrogen) atoms. The minimum Gasteiger partial charge on any atom is -0.484 e. The lowest BCUT2D eigenvalue weighted by Gasteiger charge is -2.32. The van der Waals surface area contributed by atoms with Crippen LogP contribution in [0, 0.1) is 5.92 Å². The van der Waals surface area contributed by atoms with E-state index in [-0.39, 0.29) is 12.5 Å². The molecule has 2 aliphatic rings. The fraction of sp³-hybridized carbons (Fsp3) is 0.522. The minimum atomic E-state index is -0.0344. The number of thiophene rings is 1. The van der Waals surface area contributed by atoms with Crippen LogP contribution in [0.15, 0.2) is 41.8 Å². The highest BCUT2D eigenvalue weighted by molar-refractivity contribution is 8.16. The second kappa shape index (κ2) is 11.5. The summed E-state index contributed by atoms with van der Waals surface area (Å²) in [7, 11) is 0. The van der Waals surface area contributed by atoms with E-state index in [0.29, 0.717) is 10.5 Å². The molecule has 0 aliphatic carbocycles. The van der Waals surface area contributed by atoms with Crippen molar-refractivity contribution in [1.82, 2.24) is 10.2 Å². The van der Waals surface area contributed by atoms with E-state index in [4.69, 9.17) is 4.74 Å². The highest BCUT2D eigenvalue weighted by atomic mass is 32.2. The quantitative estimate of drug-likeness (QED) is 0.596. The summed E-state index contributed by atoms with van der Waals surface area (Å²) in [5.74, 6) is 3.73. The van der Waals surface area contributed by atoms with Gasteiger partial charge in [-0.1, -0.05) is 18.2 Å². The van der Waals surface area contributed by atoms with Gasteiger partial charge in [0.25, 0.3) is 5.91 Å². The molecule has 0 bridgehead atoms. The summed E-state index contributed by atoms with van der Waals surface area (Å²) in [5.41, 5.74) is 1.34. The first-order valence-electron chi connectivity index (χ1n) is 10.7. The molecular weight excluding hydrogens is 432 g/mol. The van der Waals surface area contributed by atoms with E-state index in [0.717, 1.165) is 31.9 Å². The first kappa shape index (κ1) is 22.1. The topological polar surface area (TPSA) is 41.6 Å². The number of benzene rings is 1. The third-order valence-electron chi connectivity index (χ3n) is 5.50. The molecule has 4 nitrogen and oxygen atoms in total. The average Bonchev–Trinajstić information content (AvgIpc) is 3.30. The van der Waals surface area contributed by atoms with E-state index in [1.807, 2.05) is 47.0 Å². The van der Waals surface area contributed by atoms with Gasteiger partial charge in [0.2, 0.25) is 0 Å². The number of ether oxygens (including phenoxy) is 1. The molecule has 2 aromatic rings. The Labute approximate surface area is 192 Å². The van der Waals surface area contributed by atoms with Crippen molar-refractivity contribution in [2.24, 2.45) is 5.92 Å². The van der Waals surface area contributed by atoms with Gasteiger partial charge in [0.1, 0.15) is 5.75 Å². The van der Waals surface area contributed by atoms with Gasteiger partial charge in [-0.2, -0.15) is 0 Å². The number of hydrogen-bond donors (Lipinski definition) is 1. The van der Waals surface area contributed by atoms with Crippen molar-refractivity contribution in [3.63, 3.8) is 0 Å². The van der Waals surface area contributed by atoms with Gasteiger partial charge in [0, 0.05) is 24.5 Å². The molecule has 2 saturated heterocycles. The number of thioether (sulfide) groups is 2. The summed E-state index contributed by atoms with van der Waals surface area (Å²) < 4.78 is 6.24. The van der Waals surface area contributed by atoms with Crippen LogP contribution >= 0.6 is 34.9 Å². The highest BCUT2D eigenvalue weighted by Crippen LogP contribution is 2.43. The zero-order valence-corrected chi connectivity index (χ0v) is 19.7. The van der Waals surface area contributed by atoms with Crippen molar-refractivity contribution in [2.75, 3.05) is 37.7 Å². The zero-order chi connectivity index (χ0) is 20.6. The van der Waals surface area contributed by atoms with Gasteiger partial charge < -0.3 is 10.1 Å². The number of carbonyl (C=O) groups excluding carboxylic acids is 1. The molecule has 2 aliphatic heterocycles. The molecule has 1 unspecified atom stereocenters. The number of nitrogens with zero attached hydrogens (tertiary/aromatic N) is 1. The molecule has 1 N–H and O–H groups in total. The summed E-state index contributed by atoms with van der Waals surface area (Å²) in [6, 6.07) is 12.6. The van der Waals surface area contributed by atoms with Crippen molar-refractivity contribution >= 4 is 40.8 Å². The maximum absolute atomic E-state index is 12.3. The van der Waals surface area contributed by atoms with Gasteiger partial charge in [-0.3, -0.25) is 9.69 Å². The van der Waals surface area contributed by atoms with Gasteiger partial charge in [0.15, 0.2) is 6.61 Å². The van der Waals surface area contributed by atoms with Crippen LogP contribution < -0.4 is 10.1 Å². The number of rotatable bonds is 8. The second-order valence-corrected chi connectivity index (χ2v) is 11.7. The van der Waals surface area contributed by atoms with Gasteiger partial charge >= 0.3 is 0 Å². The maximum Gasteiger partial charge on any atom is 0.257 e. The molecule has 0 radical (unpaired) electrons. The van der Waals surface area contributed by atoms with Crippen LogP contribution in [0.5, 0.6) is 5.75 Å². The van der Waals surface area contributed by atoms with Crippen molar-refractivity contribution in [3.05, 3.63) is 52.2 Å². The third kappa shape index (κ3) is 6.67. The fourth-order valence-electron chi connectivity index (χ4n) is 3.94. The minimum absolute atomic E-state index is 0.0344. The van der Waals surface area contributed by atoms with Gasteiger partial charge in [-0.25, -0.2) is 0 Å². The number of nitrogens with one attached hydrogen (secondary N) is 1. The van der Waals surface area contributed by atoms with Crippen LogP contribution in [0.25, 0.3) is 0 Å². The average molecular weight is 463 g/mol. The molecule has 0 spiro atoms. The molecule has 7 heteroatoms. The number of amides is 1. The second-order valence-electron chi connectivity index (χ2n) is 7.91. The Morgan fingerprint density at radius 3 is 2.73 bits per heavy atom.